The van der Waals surface area contributed by atoms with Crippen molar-refractivity contribution in [2.45, 2.75) is 58.4 Å². The molecule has 110 valence electrons. The Bertz CT molecular complexity index is 303. The highest BCUT2D eigenvalue weighted by atomic mass is 16.4. The summed E-state index contributed by atoms with van der Waals surface area (Å²) < 4.78 is 0. The molecular weight excluding hydrogens is 244 g/mol. The summed E-state index contributed by atoms with van der Waals surface area (Å²) in [6.45, 7) is 4.49. The largest absolute Gasteiger partial charge is 0.480 e. The van der Waals surface area contributed by atoms with Crippen LogP contribution in [-0.2, 0) is 4.79 Å². The second-order valence-electron chi connectivity index (χ2n) is 5.56. The summed E-state index contributed by atoms with van der Waals surface area (Å²) in [5, 5.41) is 11.8. The van der Waals surface area contributed by atoms with Crippen molar-refractivity contribution in [3.05, 3.63) is 0 Å². The predicted molar refractivity (Wildman–Crippen MR) is 74.1 cm³/mol. The van der Waals surface area contributed by atoms with Crippen molar-refractivity contribution in [2.75, 3.05) is 13.1 Å². The van der Waals surface area contributed by atoms with Crippen LogP contribution in [0.5, 0.6) is 0 Å². The molecule has 1 aliphatic carbocycles. The molecule has 19 heavy (non-hydrogen) atoms. The van der Waals surface area contributed by atoms with Gasteiger partial charge in [0.2, 0.25) is 0 Å². The molecule has 5 nitrogen and oxygen atoms in total. The van der Waals surface area contributed by atoms with E-state index in [9.17, 15) is 9.59 Å². The monoisotopic (exact) mass is 270 g/mol. The minimum Gasteiger partial charge on any atom is -0.480 e. The average Bonchev–Trinajstić information content (AvgIpc) is 3.11. The number of hydrogen-bond acceptors (Lipinski definition) is 2. The molecule has 1 unspecified atom stereocenters. The van der Waals surface area contributed by atoms with Crippen LogP contribution in [-0.4, -0.2) is 41.1 Å². The summed E-state index contributed by atoms with van der Waals surface area (Å²) in [5.74, 6) is -0.449. The highest BCUT2D eigenvalue weighted by molar-refractivity contribution is 5.80. The molecule has 0 radical (unpaired) electrons. The van der Waals surface area contributed by atoms with Gasteiger partial charge in [-0.15, -0.1) is 0 Å². The smallest absolute Gasteiger partial charge is 0.323 e. The first kappa shape index (κ1) is 15.8. The lowest BCUT2D eigenvalue weighted by Crippen LogP contribution is -2.46. The average molecular weight is 270 g/mol. The van der Waals surface area contributed by atoms with E-state index in [1.165, 1.54) is 11.3 Å². The summed E-state index contributed by atoms with van der Waals surface area (Å²) in [5.41, 5.74) is 0. The third-order valence-electron chi connectivity index (χ3n) is 3.40. The van der Waals surface area contributed by atoms with Gasteiger partial charge in [0.1, 0.15) is 6.54 Å². The van der Waals surface area contributed by atoms with E-state index in [2.05, 4.69) is 12.2 Å². The van der Waals surface area contributed by atoms with E-state index in [0.29, 0.717) is 12.5 Å². The number of carbonyl (C=O) groups excluding carboxylic acids is 1. The molecule has 2 N–H and O–H groups in total. The molecule has 5 heteroatoms. The number of hydrogen-bond donors (Lipinski definition) is 2. The van der Waals surface area contributed by atoms with Crippen LogP contribution in [0.15, 0.2) is 0 Å². The second-order valence-corrected chi connectivity index (χ2v) is 5.56. The van der Waals surface area contributed by atoms with Crippen molar-refractivity contribution in [1.82, 2.24) is 10.2 Å². The summed E-state index contributed by atoms with van der Waals surface area (Å²) in [4.78, 5) is 24.3. The third kappa shape index (κ3) is 7.03. The molecule has 0 bridgehead atoms. The maximum absolute atomic E-state index is 12.0. The Kier molecular flexibility index (Phi) is 6.67. The number of aliphatic carboxylic acids is 1. The highest BCUT2D eigenvalue weighted by Crippen LogP contribution is 2.29. The summed E-state index contributed by atoms with van der Waals surface area (Å²) >= 11 is 0. The fourth-order valence-corrected chi connectivity index (χ4v) is 2.07. The van der Waals surface area contributed by atoms with E-state index in [-0.39, 0.29) is 18.6 Å². The van der Waals surface area contributed by atoms with Gasteiger partial charge in [-0.1, -0.05) is 26.2 Å². The lowest BCUT2D eigenvalue weighted by atomic mass is 10.1. The molecule has 0 aromatic heterocycles. The van der Waals surface area contributed by atoms with E-state index in [4.69, 9.17) is 5.11 Å². The highest BCUT2D eigenvalue weighted by Gasteiger charge is 2.28. The number of nitrogens with zero attached hydrogens (tertiary/aromatic N) is 1. The zero-order chi connectivity index (χ0) is 14.3. The lowest BCUT2D eigenvalue weighted by Gasteiger charge is -2.23. The topological polar surface area (TPSA) is 69.6 Å². The van der Waals surface area contributed by atoms with Crippen molar-refractivity contribution in [3.8, 4) is 0 Å². The predicted octanol–water partition coefficient (Wildman–Crippen LogP) is 2.46. The Morgan fingerprint density at radius 3 is 2.58 bits per heavy atom. The van der Waals surface area contributed by atoms with Crippen LogP contribution in [0.3, 0.4) is 0 Å². The molecule has 0 saturated heterocycles. The van der Waals surface area contributed by atoms with Crippen molar-refractivity contribution < 1.29 is 14.7 Å². The van der Waals surface area contributed by atoms with Gasteiger partial charge in [0, 0.05) is 12.6 Å². The van der Waals surface area contributed by atoms with E-state index < -0.39 is 5.97 Å². The molecular formula is C14H26N2O3. The molecule has 0 heterocycles. The van der Waals surface area contributed by atoms with Crippen LogP contribution in [0.1, 0.15) is 52.4 Å². The van der Waals surface area contributed by atoms with Crippen molar-refractivity contribution >= 4 is 12.0 Å². The number of carboxylic acids is 1. The van der Waals surface area contributed by atoms with Crippen LogP contribution >= 0.6 is 0 Å². The first-order valence-corrected chi connectivity index (χ1v) is 7.30. The van der Waals surface area contributed by atoms with Crippen molar-refractivity contribution in [2.24, 2.45) is 5.92 Å². The van der Waals surface area contributed by atoms with Gasteiger partial charge in [0.25, 0.3) is 0 Å². The number of urea groups is 1. The van der Waals surface area contributed by atoms with Gasteiger partial charge in [-0.25, -0.2) is 4.79 Å². The fourth-order valence-electron chi connectivity index (χ4n) is 2.07. The van der Waals surface area contributed by atoms with Gasteiger partial charge >= 0.3 is 12.0 Å². The lowest BCUT2D eigenvalue weighted by molar-refractivity contribution is -0.137. The molecule has 0 aromatic rings. The Morgan fingerprint density at radius 2 is 2.05 bits per heavy atom. The molecule has 1 fully saturated rings. The zero-order valence-electron chi connectivity index (χ0n) is 12.0. The quantitative estimate of drug-likeness (QED) is 0.632. The maximum Gasteiger partial charge on any atom is 0.323 e. The molecule has 1 saturated carbocycles. The van der Waals surface area contributed by atoms with Gasteiger partial charge < -0.3 is 15.3 Å². The molecule has 1 aliphatic rings. The Hall–Kier alpha value is -1.26. The zero-order valence-corrected chi connectivity index (χ0v) is 12.0. The molecule has 2 amide bonds. The molecule has 0 aliphatic heterocycles. The van der Waals surface area contributed by atoms with E-state index in [0.717, 1.165) is 32.1 Å². The van der Waals surface area contributed by atoms with E-state index in [1.54, 1.807) is 0 Å². The van der Waals surface area contributed by atoms with Gasteiger partial charge in [-0.2, -0.15) is 0 Å². The molecule has 0 aromatic carbocycles. The summed E-state index contributed by atoms with van der Waals surface area (Å²) in [6, 6.07) is -0.132. The minimum absolute atomic E-state index is 0.106. The maximum atomic E-state index is 12.0. The van der Waals surface area contributed by atoms with Crippen LogP contribution < -0.4 is 5.32 Å². The number of unbranched alkanes of at least 4 members (excludes halogenated alkanes) is 2. The van der Waals surface area contributed by atoms with Gasteiger partial charge in [-0.3, -0.25) is 4.79 Å². The number of amides is 2. The third-order valence-corrected chi connectivity index (χ3v) is 3.40. The molecule has 1 atom stereocenters. The number of carboxylic acid groups (broad SMARTS) is 1. The Labute approximate surface area is 115 Å². The van der Waals surface area contributed by atoms with Gasteiger partial charge in [0.05, 0.1) is 0 Å². The summed E-state index contributed by atoms with van der Waals surface area (Å²) in [7, 11) is 0. The van der Waals surface area contributed by atoms with Gasteiger partial charge in [0.15, 0.2) is 0 Å². The van der Waals surface area contributed by atoms with Crippen LogP contribution in [0.25, 0.3) is 0 Å². The van der Waals surface area contributed by atoms with Crippen LogP contribution in [0, 0.1) is 5.92 Å². The minimum atomic E-state index is -0.950. The summed E-state index contributed by atoms with van der Waals surface area (Å²) in [6.07, 6.45) is 6.59. The van der Waals surface area contributed by atoms with Crippen LogP contribution in [0.4, 0.5) is 4.79 Å². The van der Waals surface area contributed by atoms with E-state index >= 15 is 0 Å². The Morgan fingerprint density at radius 1 is 1.37 bits per heavy atom. The first-order valence-electron chi connectivity index (χ1n) is 7.30. The van der Waals surface area contributed by atoms with Crippen molar-refractivity contribution in [1.29, 1.82) is 0 Å². The SMILES string of the molecule is CCCCCC(C)NC(=O)N(CC(=O)O)CC1CC1. The van der Waals surface area contributed by atoms with Crippen molar-refractivity contribution in [3.63, 3.8) is 0 Å². The first-order chi connectivity index (χ1) is 9.02. The number of carbonyl (C=O) groups is 2. The fraction of sp³-hybridized carbons (Fsp3) is 0.857. The van der Waals surface area contributed by atoms with Gasteiger partial charge in [-0.05, 0) is 32.1 Å². The molecule has 1 rings (SSSR count). The van der Waals surface area contributed by atoms with Crippen LogP contribution in [0.2, 0.25) is 0 Å². The number of rotatable bonds is 9. The second kappa shape index (κ2) is 8.02. The Balaban J connectivity index is 2.34. The normalized spacial score (nSPS) is 15.9. The van der Waals surface area contributed by atoms with E-state index in [1.807, 2.05) is 6.92 Å². The number of nitrogens with one attached hydrogen (secondary N) is 1. The molecule has 0 spiro atoms. The standard InChI is InChI=1S/C14H26N2O3/c1-3-4-5-6-11(2)15-14(19)16(10-13(17)18)9-12-7-8-12/h11-12H,3-10H2,1-2H3,(H,15,19)(H,17,18).